The number of sulfonamides is 1. The zero-order valence-electron chi connectivity index (χ0n) is 20.5. The lowest BCUT2D eigenvalue weighted by molar-refractivity contribution is -0.133. The van der Waals surface area contributed by atoms with Crippen molar-refractivity contribution in [1.29, 1.82) is 0 Å². The van der Waals surface area contributed by atoms with Crippen LogP contribution < -0.4 is 5.32 Å². The Hall–Kier alpha value is -2.71. The summed E-state index contributed by atoms with van der Waals surface area (Å²) in [4.78, 5) is 27.7. The van der Waals surface area contributed by atoms with Gasteiger partial charge in [0.05, 0.1) is 17.2 Å². The lowest BCUT2D eigenvalue weighted by atomic mass is 9.94. The summed E-state index contributed by atoms with van der Waals surface area (Å²) < 4.78 is 27.8. The Morgan fingerprint density at radius 3 is 2.26 bits per heavy atom. The fourth-order valence-corrected chi connectivity index (χ4v) is 6.89. The zero-order chi connectivity index (χ0) is 25.0. The third-order valence-corrected chi connectivity index (χ3v) is 8.78. The van der Waals surface area contributed by atoms with E-state index >= 15 is 0 Å². The van der Waals surface area contributed by atoms with Crippen molar-refractivity contribution in [3.05, 3.63) is 60.2 Å². The van der Waals surface area contributed by atoms with Crippen molar-refractivity contribution in [2.75, 3.05) is 31.5 Å². The summed E-state index contributed by atoms with van der Waals surface area (Å²) >= 11 is 0. The number of piperidine rings is 2. The van der Waals surface area contributed by atoms with E-state index in [9.17, 15) is 18.0 Å². The summed E-state index contributed by atoms with van der Waals surface area (Å²) in [6, 6.07) is 16.0. The van der Waals surface area contributed by atoms with Gasteiger partial charge in [0.15, 0.2) is 0 Å². The summed E-state index contributed by atoms with van der Waals surface area (Å²) in [5.74, 6) is 0.271. The van der Waals surface area contributed by atoms with Crippen molar-refractivity contribution in [3.63, 3.8) is 0 Å². The molecule has 35 heavy (non-hydrogen) atoms. The van der Waals surface area contributed by atoms with Crippen LogP contribution in [-0.4, -0.2) is 55.6 Å². The molecule has 0 saturated carbocycles. The molecule has 2 heterocycles. The van der Waals surface area contributed by atoms with Crippen LogP contribution in [0.1, 0.15) is 38.7 Å². The summed E-state index contributed by atoms with van der Waals surface area (Å²) in [5, 5.41) is 2.91. The van der Waals surface area contributed by atoms with Gasteiger partial charge in [-0.3, -0.25) is 9.59 Å². The van der Waals surface area contributed by atoms with Crippen molar-refractivity contribution >= 4 is 27.5 Å². The number of amides is 2. The molecule has 2 saturated heterocycles. The van der Waals surface area contributed by atoms with Crippen LogP contribution in [0.3, 0.4) is 0 Å². The largest absolute Gasteiger partial charge is 0.342 e. The lowest BCUT2D eigenvalue weighted by Crippen LogP contribution is -2.44. The molecule has 0 radical (unpaired) electrons. The predicted octanol–water partition coefficient (Wildman–Crippen LogP) is 3.77. The van der Waals surface area contributed by atoms with Crippen LogP contribution in [0, 0.1) is 17.8 Å². The minimum Gasteiger partial charge on any atom is -0.342 e. The van der Waals surface area contributed by atoms with E-state index in [1.165, 1.54) is 0 Å². The molecule has 0 bridgehead atoms. The smallest absolute Gasteiger partial charge is 0.243 e. The number of hydrogen-bond donors (Lipinski definition) is 1. The molecule has 2 aliphatic rings. The second-order valence-corrected chi connectivity index (χ2v) is 12.1. The summed E-state index contributed by atoms with van der Waals surface area (Å²) in [7, 11) is -3.56. The van der Waals surface area contributed by atoms with Crippen molar-refractivity contribution in [2.24, 2.45) is 17.8 Å². The van der Waals surface area contributed by atoms with Gasteiger partial charge in [-0.05, 0) is 60.9 Å². The normalized spacial score (nSPS) is 23.6. The Kier molecular flexibility index (Phi) is 7.91. The second kappa shape index (κ2) is 10.9. The lowest BCUT2D eigenvalue weighted by Gasteiger charge is -2.34. The van der Waals surface area contributed by atoms with Crippen molar-refractivity contribution < 1.29 is 18.0 Å². The van der Waals surface area contributed by atoms with Crippen LogP contribution in [0.5, 0.6) is 0 Å². The molecule has 8 heteroatoms. The standard InChI is InChI=1S/C27H35N3O4S/c1-20-15-21(2)18-30(17-20)35(33,34)25-12-10-24(11-13-25)28-27(32)23-9-6-14-29(19-23)26(31)16-22-7-4-3-5-8-22/h3-5,7-8,10-13,20-21,23H,6,9,14-19H2,1-2H3,(H,28,32). The van der Waals surface area contributed by atoms with Gasteiger partial charge in [-0.15, -0.1) is 0 Å². The molecule has 1 N–H and O–H groups in total. The van der Waals surface area contributed by atoms with Crippen LogP contribution in [0.2, 0.25) is 0 Å². The Morgan fingerprint density at radius 2 is 1.60 bits per heavy atom. The molecule has 2 aromatic carbocycles. The van der Waals surface area contributed by atoms with Crippen LogP contribution in [0.15, 0.2) is 59.5 Å². The molecule has 2 amide bonds. The Balaban J connectivity index is 1.35. The van der Waals surface area contributed by atoms with Gasteiger partial charge >= 0.3 is 0 Å². The molecule has 0 spiro atoms. The Labute approximate surface area is 208 Å². The number of nitrogens with zero attached hydrogens (tertiary/aromatic N) is 2. The van der Waals surface area contributed by atoms with Crippen LogP contribution in [-0.2, 0) is 26.0 Å². The van der Waals surface area contributed by atoms with Gasteiger partial charge in [0.2, 0.25) is 21.8 Å². The predicted molar refractivity (Wildman–Crippen MR) is 136 cm³/mol. The van der Waals surface area contributed by atoms with E-state index in [-0.39, 0.29) is 22.6 Å². The SMILES string of the molecule is CC1CC(C)CN(S(=O)(=O)c2ccc(NC(=O)C3CCCN(C(=O)Cc4ccccc4)C3)cc2)C1. The average Bonchev–Trinajstić information content (AvgIpc) is 2.84. The van der Waals surface area contributed by atoms with Gasteiger partial charge in [0.1, 0.15) is 0 Å². The minimum absolute atomic E-state index is 0.0320. The molecule has 0 aromatic heterocycles. The van der Waals surface area contributed by atoms with E-state index in [0.29, 0.717) is 50.1 Å². The van der Waals surface area contributed by atoms with E-state index in [1.54, 1.807) is 33.5 Å². The van der Waals surface area contributed by atoms with E-state index < -0.39 is 10.0 Å². The molecule has 3 unspecified atom stereocenters. The Bertz CT molecular complexity index is 1120. The highest BCUT2D eigenvalue weighted by atomic mass is 32.2. The number of carbonyl (C=O) groups is 2. The maximum atomic E-state index is 13.1. The third kappa shape index (κ3) is 6.30. The number of rotatable bonds is 6. The van der Waals surface area contributed by atoms with Gasteiger partial charge < -0.3 is 10.2 Å². The highest BCUT2D eigenvalue weighted by molar-refractivity contribution is 7.89. The number of carbonyl (C=O) groups excluding carboxylic acids is 2. The van der Waals surface area contributed by atoms with Gasteiger partial charge in [0, 0.05) is 31.9 Å². The van der Waals surface area contributed by atoms with Crippen molar-refractivity contribution in [3.8, 4) is 0 Å². The van der Waals surface area contributed by atoms with Crippen molar-refractivity contribution in [1.82, 2.24) is 9.21 Å². The maximum absolute atomic E-state index is 13.1. The topological polar surface area (TPSA) is 86.8 Å². The van der Waals surface area contributed by atoms with E-state index in [2.05, 4.69) is 19.2 Å². The van der Waals surface area contributed by atoms with E-state index in [0.717, 1.165) is 24.8 Å². The zero-order valence-corrected chi connectivity index (χ0v) is 21.3. The summed E-state index contributed by atoms with van der Waals surface area (Å²) in [6.07, 6.45) is 2.87. The van der Waals surface area contributed by atoms with Gasteiger partial charge in [0.25, 0.3) is 0 Å². The van der Waals surface area contributed by atoms with Crippen LogP contribution in [0.4, 0.5) is 5.69 Å². The first-order valence-corrected chi connectivity index (χ1v) is 13.9. The van der Waals surface area contributed by atoms with E-state index in [4.69, 9.17) is 0 Å². The molecule has 7 nitrogen and oxygen atoms in total. The number of likely N-dealkylation sites (tertiary alicyclic amines) is 1. The fraction of sp³-hybridized carbons (Fsp3) is 0.481. The molecule has 4 rings (SSSR count). The number of anilines is 1. The van der Waals surface area contributed by atoms with Gasteiger partial charge in [-0.1, -0.05) is 44.2 Å². The van der Waals surface area contributed by atoms with Crippen LogP contribution >= 0.6 is 0 Å². The monoisotopic (exact) mass is 497 g/mol. The van der Waals surface area contributed by atoms with Crippen molar-refractivity contribution in [2.45, 2.75) is 44.4 Å². The Morgan fingerprint density at radius 1 is 0.943 bits per heavy atom. The molecular weight excluding hydrogens is 462 g/mol. The molecular formula is C27H35N3O4S. The summed E-state index contributed by atoms with van der Waals surface area (Å²) in [5.41, 5.74) is 1.52. The van der Waals surface area contributed by atoms with Crippen LogP contribution in [0.25, 0.3) is 0 Å². The number of hydrogen-bond acceptors (Lipinski definition) is 4. The number of nitrogens with one attached hydrogen (secondary N) is 1. The quantitative estimate of drug-likeness (QED) is 0.658. The molecule has 2 aromatic rings. The molecule has 188 valence electrons. The van der Waals surface area contributed by atoms with Gasteiger partial charge in [-0.25, -0.2) is 8.42 Å². The molecule has 0 aliphatic carbocycles. The minimum atomic E-state index is -3.56. The highest BCUT2D eigenvalue weighted by Gasteiger charge is 2.32. The first-order valence-electron chi connectivity index (χ1n) is 12.4. The molecule has 2 fully saturated rings. The molecule has 3 atom stereocenters. The summed E-state index contributed by atoms with van der Waals surface area (Å²) in [6.45, 7) is 6.29. The average molecular weight is 498 g/mol. The first kappa shape index (κ1) is 25.4. The third-order valence-electron chi connectivity index (χ3n) is 6.94. The molecule has 2 aliphatic heterocycles. The highest BCUT2D eigenvalue weighted by Crippen LogP contribution is 2.27. The number of benzene rings is 2. The second-order valence-electron chi connectivity index (χ2n) is 10.1. The first-order chi connectivity index (χ1) is 16.7. The van der Waals surface area contributed by atoms with Gasteiger partial charge in [-0.2, -0.15) is 4.31 Å². The van der Waals surface area contributed by atoms with E-state index in [1.807, 2.05) is 30.3 Å². The maximum Gasteiger partial charge on any atom is 0.243 e. The fourth-order valence-electron chi connectivity index (χ4n) is 5.21.